The number of aromatic nitrogens is 1. The summed E-state index contributed by atoms with van der Waals surface area (Å²) in [5.41, 5.74) is 6.44. The van der Waals surface area contributed by atoms with E-state index in [1.165, 1.54) is 11.1 Å². The van der Waals surface area contributed by atoms with Gasteiger partial charge in [-0.25, -0.2) is 0 Å². The van der Waals surface area contributed by atoms with Gasteiger partial charge in [-0.2, -0.15) is 0 Å². The van der Waals surface area contributed by atoms with Gasteiger partial charge in [0.15, 0.2) is 11.5 Å². The van der Waals surface area contributed by atoms with Crippen molar-refractivity contribution in [3.63, 3.8) is 0 Å². The first-order valence-corrected chi connectivity index (χ1v) is 12.1. The lowest BCUT2D eigenvalue weighted by atomic mass is 9.96. The van der Waals surface area contributed by atoms with Crippen molar-refractivity contribution in [2.75, 3.05) is 28.4 Å². The van der Waals surface area contributed by atoms with E-state index in [4.69, 9.17) is 23.9 Å². The van der Waals surface area contributed by atoms with Crippen molar-refractivity contribution in [3.05, 3.63) is 102 Å². The monoisotopic (exact) mass is 491 g/mol. The third-order valence-electron chi connectivity index (χ3n) is 6.57. The third-order valence-corrected chi connectivity index (χ3v) is 6.57. The fourth-order valence-electron chi connectivity index (χ4n) is 4.70. The summed E-state index contributed by atoms with van der Waals surface area (Å²) >= 11 is 0. The predicted octanol–water partition coefficient (Wildman–Crippen LogP) is 7.19. The maximum atomic E-state index is 5.80. The molecule has 0 spiro atoms. The summed E-state index contributed by atoms with van der Waals surface area (Å²) in [7, 11) is 6.56. The van der Waals surface area contributed by atoms with Gasteiger partial charge >= 0.3 is 0 Å². The molecule has 37 heavy (non-hydrogen) atoms. The number of hydrogen-bond acceptors (Lipinski definition) is 5. The molecule has 4 aromatic carbocycles. The molecule has 0 atom stereocenters. The van der Waals surface area contributed by atoms with E-state index in [0.29, 0.717) is 23.7 Å². The van der Waals surface area contributed by atoms with Crippen LogP contribution < -0.4 is 18.9 Å². The van der Waals surface area contributed by atoms with Gasteiger partial charge in [0.2, 0.25) is 5.75 Å². The van der Waals surface area contributed by atoms with Gasteiger partial charge < -0.3 is 18.9 Å². The van der Waals surface area contributed by atoms with Crippen LogP contribution in [0.1, 0.15) is 11.3 Å². The van der Waals surface area contributed by atoms with Gasteiger partial charge in [-0.1, -0.05) is 54.6 Å². The van der Waals surface area contributed by atoms with Crippen molar-refractivity contribution >= 4 is 10.8 Å². The fourth-order valence-corrected chi connectivity index (χ4v) is 4.70. The molecule has 5 nitrogen and oxygen atoms in total. The second-order valence-electron chi connectivity index (χ2n) is 8.69. The zero-order valence-corrected chi connectivity index (χ0v) is 21.4. The van der Waals surface area contributed by atoms with Gasteiger partial charge in [0.05, 0.1) is 34.1 Å². The zero-order chi connectivity index (χ0) is 25.8. The Morgan fingerprint density at radius 3 is 1.84 bits per heavy atom. The van der Waals surface area contributed by atoms with E-state index in [2.05, 4.69) is 60.7 Å². The molecule has 0 amide bonds. The number of fused-ring (bicyclic) bond motifs is 1. The highest BCUT2D eigenvalue weighted by Gasteiger charge is 2.16. The maximum absolute atomic E-state index is 5.80. The zero-order valence-electron chi connectivity index (χ0n) is 21.4. The van der Waals surface area contributed by atoms with Crippen LogP contribution >= 0.6 is 0 Å². The number of hydrogen-bond donors (Lipinski definition) is 0. The SMILES string of the molecule is COc1cc2ccnc(Cc3cc(OC)c(OC)c(OC)c3)c2cc1-c1ccc(-c2ccccc2)cc1. The van der Waals surface area contributed by atoms with E-state index >= 15 is 0 Å². The average Bonchev–Trinajstić information content (AvgIpc) is 2.96. The molecule has 1 aromatic heterocycles. The Kier molecular flexibility index (Phi) is 6.95. The van der Waals surface area contributed by atoms with Crippen LogP contribution in [-0.2, 0) is 6.42 Å². The topological polar surface area (TPSA) is 49.8 Å². The van der Waals surface area contributed by atoms with Crippen molar-refractivity contribution in [2.24, 2.45) is 0 Å². The minimum absolute atomic E-state index is 0.575. The molecule has 186 valence electrons. The number of pyridine rings is 1. The molecule has 5 aromatic rings. The van der Waals surface area contributed by atoms with Gasteiger partial charge in [-0.05, 0) is 58.0 Å². The highest BCUT2D eigenvalue weighted by atomic mass is 16.5. The van der Waals surface area contributed by atoms with Crippen molar-refractivity contribution < 1.29 is 18.9 Å². The summed E-state index contributed by atoms with van der Waals surface area (Å²) in [6.07, 6.45) is 2.44. The molecular weight excluding hydrogens is 462 g/mol. The normalized spacial score (nSPS) is 10.8. The van der Waals surface area contributed by atoms with Crippen LogP contribution in [0.5, 0.6) is 23.0 Å². The number of benzene rings is 4. The van der Waals surface area contributed by atoms with Crippen molar-refractivity contribution in [1.82, 2.24) is 4.98 Å². The summed E-state index contributed by atoms with van der Waals surface area (Å²) in [6, 6.07) is 29.1. The number of rotatable bonds is 8. The first-order valence-electron chi connectivity index (χ1n) is 12.1. The van der Waals surface area contributed by atoms with Crippen LogP contribution in [0.25, 0.3) is 33.0 Å². The predicted molar refractivity (Wildman–Crippen MR) is 148 cm³/mol. The standard InChI is InChI=1S/C32H29NO4/c1-34-29-19-25-14-15-33-28(16-21-17-30(35-2)32(37-4)31(18-21)36-3)26(25)20-27(29)24-12-10-23(11-13-24)22-8-6-5-7-9-22/h5-15,17-20H,16H2,1-4H3. The van der Waals surface area contributed by atoms with Gasteiger partial charge in [0, 0.05) is 23.6 Å². The molecule has 0 aliphatic heterocycles. The lowest BCUT2D eigenvalue weighted by molar-refractivity contribution is 0.324. The van der Waals surface area contributed by atoms with Crippen LogP contribution in [-0.4, -0.2) is 33.4 Å². The van der Waals surface area contributed by atoms with Crippen molar-refractivity contribution in [1.29, 1.82) is 0 Å². The van der Waals surface area contributed by atoms with E-state index in [9.17, 15) is 0 Å². The van der Waals surface area contributed by atoms with Gasteiger partial charge in [0.1, 0.15) is 5.75 Å². The Morgan fingerprint density at radius 1 is 0.595 bits per heavy atom. The Bertz CT molecular complexity index is 1500. The summed E-state index contributed by atoms with van der Waals surface area (Å²) in [6.45, 7) is 0. The Labute approximate surface area is 217 Å². The number of methoxy groups -OCH3 is 4. The molecule has 0 saturated heterocycles. The van der Waals surface area contributed by atoms with E-state index in [-0.39, 0.29) is 0 Å². The van der Waals surface area contributed by atoms with E-state index in [1.807, 2.05) is 30.5 Å². The Balaban J connectivity index is 1.57. The quantitative estimate of drug-likeness (QED) is 0.230. The molecule has 5 heteroatoms. The van der Waals surface area contributed by atoms with Gasteiger partial charge in [-0.3, -0.25) is 4.98 Å². The largest absolute Gasteiger partial charge is 0.496 e. The van der Waals surface area contributed by atoms with Crippen molar-refractivity contribution in [3.8, 4) is 45.3 Å². The van der Waals surface area contributed by atoms with Crippen LogP contribution in [0.2, 0.25) is 0 Å². The van der Waals surface area contributed by atoms with Crippen LogP contribution in [0, 0.1) is 0 Å². The number of ether oxygens (including phenoxy) is 4. The van der Waals surface area contributed by atoms with Crippen LogP contribution in [0.4, 0.5) is 0 Å². The highest BCUT2D eigenvalue weighted by molar-refractivity contribution is 5.92. The van der Waals surface area contributed by atoms with Gasteiger partial charge in [-0.15, -0.1) is 0 Å². The lowest BCUT2D eigenvalue weighted by Crippen LogP contribution is -1.99. The van der Waals surface area contributed by atoms with E-state index < -0.39 is 0 Å². The average molecular weight is 492 g/mol. The fraction of sp³-hybridized carbons (Fsp3) is 0.156. The Hall–Kier alpha value is -4.51. The lowest BCUT2D eigenvalue weighted by Gasteiger charge is -2.15. The summed E-state index contributed by atoms with van der Waals surface area (Å²) in [5, 5.41) is 2.14. The molecule has 0 bridgehead atoms. The molecule has 5 rings (SSSR count). The van der Waals surface area contributed by atoms with E-state index in [0.717, 1.165) is 38.9 Å². The molecular formula is C32H29NO4. The molecule has 0 unspecified atom stereocenters. The molecule has 0 saturated carbocycles. The smallest absolute Gasteiger partial charge is 0.203 e. The Morgan fingerprint density at radius 2 is 1.22 bits per heavy atom. The van der Waals surface area contributed by atoms with Crippen LogP contribution in [0.15, 0.2) is 91.1 Å². The van der Waals surface area contributed by atoms with Gasteiger partial charge in [0.25, 0.3) is 0 Å². The second-order valence-corrected chi connectivity index (χ2v) is 8.69. The second kappa shape index (κ2) is 10.6. The molecule has 0 radical (unpaired) electrons. The third kappa shape index (κ3) is 4.81. The highest BCUT2D eigenvalue weighted by Crippen LogP contribution is 2.40. The van der Waals surface area contributed by atoms with Crippen molar-refractivity contribution in [2.45, 2.75) is 6.42 Å². The maximum Gasteiger partial charge on any atom is 0.203 e. The van der Waals surface area contributed by atoms with Crippen LogP contribution in [0.3, 0.4) is 0 Å². The summed E-state index contributed by atoms with van der Waals surface area (Å²) in [4.78, 5) is 4.75. The van der Waals surface area contributed by atoms with E-state index in [1.54, 1.807) is 28.4 Å². The number of nitrogens with zero attached hydrogens (tertiary/aromatic N) is 1. The molecule has 0 aliphatic rings. The minimum Gasteiger partial charge on any atom is -0.496 e. The molecule has 1 heterocycles. The minimum atomic E-state index is 0.575. The molecule has 0 N–H and O–H groups in total. The first kappa shape index (κ1) is 24.2. The summed E-state index contributed by atoms with van der Waals surface area (Å²) in [5.74, 6) is 2.64. The first-order chi connectivity index (χ1) is 18.1. The molecule has 0 fully saturated rings. The molecule has 0 aliphatic carbocycles. The summed E-state index contributed by atoms with van der Waals surface area (Å²) < 4.78 is 22.4.